The average Bonchev–Trinajstić information content (AvgIpc) is 2.77. The number of para-hydroxylation sites is 1. The van der Waals surface area contributed by atoms with Crippen LogP contribution in [0.1, 0.15) is 40.9 Å². The first-order valence-corrected chi connectivity index (χ1v) is 9.66. The van der Waals surface area contributed by atoms with Gasteiger partial charge in [-0.15, -0.1) is 0 Å². The molecular weight excluding hydrogens is 348 g/mol. The Morgan fingerprint density at radius 2 is 1.82 bits per heavy atom. The van der Waals surface area contributed by atoms with Crippen LogP contribution < -0.4 is 5.32 Å². The minimum Gasteiger partial charge on any atom is -0.380 e. The molecule has 0 unspecified atom stereocenters. The Bertz CT molecular complexity index is 1030. The van der Waals surface area contributed by atoms with E-state index in [9.17, 15) is 10.1 Å². The summed E-state index contributed by atoms with van der Waals surface area (Å²) in [6.07, 6.45) is 3.40. The van der Waals surface area contributed by atoms with Crippen LogP contribution in [-0.2, 0) is 6.54 Å². The van der Waals surface area contributed by atoms with Gasteiger partial charge in [0.15, 0.2) is 0 Å². The molecule has 1 aliphatic rings. The molecule has 0 atom stereocenters. The highest BCUT2D eigenvalue weighted by atomic mass is 16.2. The van der Waals surface area contributed by atoms with Gasteiger partial charge < -0.3 is 10.2 Å². The predicted octanol–water partition coefficient (Wildman–Crippen LogP) is 4.34. The van der Waals surface area contributed by atoms with E-state index >= 15 is 0 Å². The van der Waals surface area contributed by atoms with E-state index in [1.165, 1.54) is 6.42 Å². The number of carbonyl (C=O) groups is 1. The molecular formula is C23H22N4O. The maximum absolute atomic E-state index is 12.6. The van der Waals surface area contributed by atoms with E-state index in [0.717, 1.165) is 53.6 Å². The quantitative estimate of drug-likeness (QED) is 0.741. The van der Waals surface area contributed by atoms with E-state index in [1.54, 1.807) is 6.07 Å². The van der Waals surface area contributed by atoms with Crippen LogP contribution in [0.4, 0.5) is 5.69 Å². The Hall–Kier alpha value is -3.39. The van der Waals surface area contributed by atoms with Gasteiger partial charge in [-0.05, 0) is 49.1 Å². The summed E-state index contributed by atoms with van der Waals surface area (Å²) in [6, 6.07) is 19.4. The SMILES string of the molecule is N#Cc1cc(NCc2ccc(C(=O)N3CCCCC3)cc2)c2ccccc2n1. The van der Waals surface area contributed by atoms with E-state index in [0.29, 0.717) is 12.2 Å². The van der Waals surface area contributed by atoms with Gasteiger partial charge in [-0.1, -0.05) is 30.3 Å². The molecule has 0 aliphatic carbocycles. The third kappa shape index (κ3) is 3.81. The van der Waals surface area contributed by atoms with Crippen LogP contribution in [0.2, 0.25) is 0 Å². The number of hydrogen-bond donors (Lipinski definition) is 1. The zero-order chi connectivity index (χ0) is 19.3. The number of anilines is 1. The van der Waals surface area contributed by atoms with Crippen molar-refractivity contribution in [3.8, 4) is 6.07 Å². The molecule has 1 amide bonds. The number of nitrogens with one attached hydrogen (secondary N) is 1. The number of likely N-dealkylation sites (tertiary alicyclic amines) is 1. The minimum absolute atomic E-state index is 0.123. The molecule has 2 heterocycles. The zero-order valence-electron chi connectivity index (χ0n) is 15.7. The number of amides is 1. The summed E-state index contributed by atoms with van der Waals surface area (Å²) in [5, 5.41) is 13.6. The monoisotopic (exact) mass is 370 g/mol. The second-order valence-corrected chi connectivity index (χ2v) is 7.09. The lowest BCUT2D eigenvalue weighted by molar-refractivity contribution is 0.0724. The van der Waals surface area contributed by atoms with Crippen molar-refractivity contribution in [3.63, 3.8) is 0 Å². The Labute approximate surface area is 164 Å². The number of nitrogens with zero attached hydrogens (tertiary/aromatic N) is 3. The van der Waals surface area contributed by atoms with Crippen LogP contribution in [0, 0.1) is 11.3 Å². The second kappa shape index (κ2) is 8.10. The summed E-state index contributed by atoms with van der Waals surface area (Å²) in [5.41, 5.74) is 3.90. The first kappa shape index (κ1) is 18.0. The summed E-state index contributed by atoms with van der Waals surface area (Å²) >= 11 is 0. The Balaban J connectivity index is 1.48. The maximum atomic E-state index is 12.6. The van der Waals surface area contributed by atoms with E-state index < -0.39 is 0 Å². The van der Waals surface area contributed by atoms with Gasteiger partial charge in [-0.3, -0.25) is 4.79 Å². The molecule has 0 saturated carbocycles. The third-order valence-corrected chi connectivity index (χ3v) is 5.16. The van der Waals surface area contributed by atoms with Gasteiger partial charge in [0, 0.05) is 36.3 Å². The van der Waals surface area contributed by atoms with Crippen molar-refractivity contribution in [2.75, 3.05) is 18.4 Å². The average molecular weight is 370 g/mol. The van der Waals surface area contributed by atoms with Crippen molar-refractivity contribution < 1.29 is 4.79 Å². The molecule has 5 heteroatoms. The van der Waals surface area contributed by atoms with Gasteiger partial charge in [0.2, 0.25) is 0 Å². The number of pyridine rings is 1. The number of fused-ring (bicyclic) bond motifs is 1. The Morgan fingerprint density at radius 3 is 2.57 bits per heavy atom. The fraction of sp³-hybridized carbons (Fsp3) is 0.261. The van der Waals surface area contributed by atoms with Gasteiger partial charge in [-0.2, -0.15) is 5.26 Å². The van der Waals surface area contributed by atoms with E-state index in [-0.39, 0.29) is 5.91 Å². The minimum atomic E-state index is 0.123. The summed E-state index contributed by atoms with van der Waals surface area (Å²) in [4.78, 5) is 18.9. The Kier molecular flexibility index (Phi) is 5.20. The lowest BCUT2D eigenvalue weighted by atomic mass is 10.1. The highest BCUT2D eigenvalue weighted by Crippen LogP contribution is 2.23. The molecule has 140 valence electrons. The number of nitriles is 1. The van der Waals surface area contributed by atoms with Gasteiger partial charge in [-0.25, -0.2) is 4.98 Å². The summed E-state index contributed by atoms with van der Waals surface area (Å²) in [5.74, 6) is 0.123. The molecule has 3 aromatic rings. The van der Waals surface area contributed by atoms with Crippen molar-refractivity contribution in [1.29, 1.82) is 5.26 Å². The standard InChI is InChI=1S/C23H22N4O/c24-15-19-14-22(20-6-2-3-7-21(20)26-19)25-16-17-8-10-18(11-9-17)23(28)27-12-4-1-5-13-27/h2-3,6-11,14H,1,4-5,12-13,16H2,(H,25,26). The normalized spacial score (nSPS) is 13.9. The molecule has 5 nitrogen and oxygen atoms in total. The van der Waals surface area contributed by atoms with Gasteiger partial charge in [0.05, 0.1) is 5.52 Å². The highest BCUT2D eigenvalue weighted by Gasteiger charge is 2.17. The lowest BCUT2D eigenvalue weighted by Crippen LogP contribution is -2.35. The number of aromatic nitrogens is 1. The van der Waals surface area contributed by atoms with E-state index in [2.05, 4.69) is 16.4 Å². The highest BCUT2D eigenvalue weighted by molar-refractivity contribution is 5.94. The fourth-order valence-electron chi connectivity index (χ4n) is 3.62. The van der Waals surface area contributed by atoms with Gasteiger partial charge in [0.25, 0.3) is 5.91 Å². The predicted molar refractivity (Wildman–Crippen MR) is 110 cm³/mol. The van der Waals surface area contributed by atoms with Gasteiger partial charge >= 0.3 is 0 Å². The van der Waals surface area contributed by atoms with Crippen LogP contribution in [0.3, 0.4) is 0 Å². The van der Waals surface area contributed by atoms with E-state index in [1.807, 2.05) is 53.4 Å². The van der Waals surface area contributed by atoms with Crippen molar-refractivity contribution in [3.05, 3.63) is 71.4 Å². The zero-order valence-corrected chi connectivity index (χ0v) is 15.7. The first-order chi connectivity index (χ1) is 13.7. The summed E-state index contributed by atoms with van der Waals surface area (Å²) in [6.45, 7) is 2.33. The molecule has 1 N–H and O–H groups in total. The van der Waals surface area contributed by atoms with Crippen LogP contribution in [0.5, 0.6) is 0 Å². The third-order valence-electron chi connectivity index (χ3n) is 5.16. The molecule has 1 aliphatic heterocycles. The Morgan fingerprint density at radius 1 is 1.07 bits per heavy atom. The largest absolute Gasteiger partial charge is 0.380 e. The van der Waals surface area contributed by atoms with E-state index in [4.69, 9.17) is 0 Å². The molecule has 0 bridgehead atoms. The van der Waals surface area contributed by atoms with Crippen LogP contribution in [-0.4, -0.2) is 28.9 Å². The fourth-order valence-corrected chi connectivity index (χ4v) is 3.62. The number of piperidine rings is 1. The van der Waals surface area contributed by atoms with Crippen molar-refractivity contribution >= 4 is 22.5 Å². The van der Waals surface area contributed by atoms with Crippen LogP contribution in [0.15, 0.2) is 54.6 Å². The topological polar surface area (TPSA) is 69.0 Å². The molecule has 0 spiro atoms. The van der Waals surface area contributed by atoms with Crippen LogP contribution >= 0.6 is 0 Å². The number of rotatable bonds is 4. The smallest absolute Gasteiger partial charge is 0.253 e. The maximum Gasteiger partial charge on any atom is 0.253 e. The second-order valence-electron chi connectivity index (χ2n) is 7.09. The van der Waals surface area contributed by atoms with Crippen molar-refractivity contribution in [1.82, 2.24) is 9.88 Å². The summed E-state index contributed by atoms with van der Waals surface area (Å²) in [7, 11) is 0. The number of benzene rings is 2. The number of hydrogen-bond acceptors (Lipinski definition) is 4. The molecule has 1 fully saturated rings. The molecule has 2 aromatic carbocycles. The lowest BCUT2D eigenvalue weighted by Gasteiger charge is -2.26. The van der Waals surface area contributed by atoms with Crippen LogP contribution in [0.25, 0.3) is 10.9 Å². The molecule has 1 aromatic heterocycles. The number of carbonyl (C=O) groups excluding carboxylic acids is 1. The van der Waals surface area contributed by atoms with Gasteiger partial charge in [0.1, 0.15) is 11.8 Å². The van der Waals surface area contributed by atoms with Crippen molar-refractivity contribution in [2.24, 2.45) is 0 Å². The summed E-state index contributed by atoms with van der Waals surface area (Å²) < 4.78 is 0. The first-order valence-electron chi connectivity index (χ1n) is 9.66. The molecule has 28 heavy (non-hydrogen) atoms. The molecule has 1 saturated heterocycles. The van der Waals surface area contributed by atoms with Crippen molar-refractivity contribution in [2.45, 2.75) is 25.8 Å². The molecule has 4 rings (SSSR count). The molecule has 0 radical (unpaired) electrons.